The number of hydrogen-bond donors (Lipinski definition) is 0. The van der Waals surface area contributed by atoms with E-state index in [1.807, 2.05) is 24.3 Å². The number of allylic oxidation sites excluding steroid dienone is 1. The van der Waals surface area contributed by atoms with E-state index in [0.717, 1.165) is 11.0 Å². The molecular formula is C9H9N3O. The van der Waals surface area contributed by atoms with E-state index in [4.69, 9.17) is 4.84 Å². The molecular weight excluding hydrogens is 166 g/mol. The van der Waals surface area contributed by atoms with Crippen molar-refractivity contribution in [3.8, 4) is 0 Å². The number of hydrogen-bond acceptors (Lipinski definition) is 3. The first-order valence-corrected chi connectivity index (χ1v) is 3.91. The van der Waals surface area contributed by atoms with E-state index in [0.29, 0.717) is 5.76 Å². The fourth-order valence-corrected chi connectivity index (χ4v) is 1.06. The molecule has 4 nitrogen and oxygen atoms in total. The van der Waals surface area contributed by atoms with Gasteiger partial charge in [-0.1, -0.05) is 23.6 Å². The normalized spacial score (nSPS) is 10.2. The summed E-state index contributed by atoms with van der Waals surface area (Å²) in [5.74, 6) is 0.579. The lowest BCUT2D eigenvalue weighted by Gasteiger charge is -2.01. The van der Waals surface area contributed by atoms with Crippen molar-refractivity contribution in [2.75, 3.05) is 0 Å². The van der Waals surface area contributed by atoms with Crippen molar-refractivity contribution in [3.05, 3.63) is 36.6 Å². The zero-order valence-corrected chi connectivity index (χ0v) is 7.27. The third-order valence-corrected chi connectivity index (χ3v) is 1.56. The molecule has 0 saturated heterocycles. The standard InChI is InChI=1S/C9H9N3O/c1-7(2)13-12-9-6-4-3-5-8(9)10-11-12/h3-6H,1H2,2H3. The molecule has 0 unspecified atom stereocenters. The summed E-state index contributed by atoms with van der Waals surface area (Å²) in [6.45, 7) is 5.39. The van der Waals surface area contributed by atoms with Crippen LogP contribution in [0.4, 0.5) is 0 Å². The summed E-state index contributed by atoms with van der Waals surface area (Å²) in [5, 5.41) is 7.74. The van der Waals surface area contributed by atoms with Gasteiger partial charge in [0.25, 0.3) is 0 Å². The van der Waals surface area contributed by atoms with Crippen molar-refractivity contribution >= 4 is 11.0 Å². The molecule has 0 N–H and O–H groups in total. The van der Waals surface area contributed by atoms with Gasteiger partial charge >= 0.3 is 0 Å². The molecule has 0 atom stereocenters. The zero-order chi connectivity index (χ0) is 9.26. The number of para-hydroxylation sites is 1. The van der Waals surface area contributed by atoms with Crippen molar-refractivity contribution in [1.29, 1.82) is 0 Å². The molecule has 13 heavy (non-hydrogen) atoms. The third kappa shape index (κ3) is 1.38. The van der Waals surface area contributed by atoms with E-state index >= 15 is 0 Å². The van der Waals surface area contributed by atoms with Gasteiger partial charge in [0, 0.05) is 0 Å². The van der Waals surface area contributed by atoms with Crippen LogP contribution in [-0.2, 0) is 0 Å². The highest BCUT2D eigenvalue weighted by Gasteiger charge is 2.02. The average molecular weight is 175 g/mol. The Bertz CT molecular complexity index is 447. The quantitative estimate of drug-likeness (QED) is 0.647. The van der Waals surface area contributed by atoms with Crippen LogP contribution in [0.25, 0.3) is 11.0 Å². The Kier molecular flexibility index (Phi) is 1.73. The van der Waals surface area contributed by atoms with Crippen molar-refractivity contribution < 1.29 is 4.84 Å². The minimum absolute atomic E-state index is 0.579. The Balaban J connectivity index is 2.51. The summed E-state index contributed by atoms with van der Waals surface area (Å²) in [4.78, 5) is 6.57. The van der Waals surface area contributed by atoms with Crippen molar-refractivity contribution in [2.24, 2.45) is 0 Å². The predicted molar refractivity (Wildman–Crippen MR) is 48.9 cm³/mol. The van der Waals surface area contributed by atoms with Crippen molar-refractivity contribution in [1.82, 2.24) is 15.2 Å². The largest absolute Gasteiger partial charge is 0.361 e. The van der Waals surface area contributed by atoms with Gasteiger partial charge in [-0.05, 0) is 24.3 Å². The van der Waals surface area contributed by atoms with E-state index in [1.165, 1.54) is 4.85 Å². The summed E-state index contributed by atoms with van der Waals surface area (Å²) in [7, 11) is 0. The van der Waals surface area contributed by atoms with Gasteiger partial charge in [0.1, 0.15) is 16.8 Å². The summed E-state index contributed by atoms with van der Waals surface area (Å²) in [5.41, 5.74) is 1.65. The highest BCUT2D eigenvalue weighted by atomic mass is 16.7. The summed E-state index contributed by atoms with van der Waals surface area (Å²) in [6.07, 6.45) is 0. The Hall–Kier alpha value is -1.84. The second-order valence-electron chi connectivity index (χ2n) is 2.74. The van der Waals surface area contributed by atoms with Gasteiger partial charge in [0.05, 0.1) is 0 Å². The molecule has 0 saturated carbocycles. The minimum Gasteiger partial charge on any atom is -0.361 e. The van der Waals surface area contributed by atoms with Crippen molar-refractivity contribution in [2.45, 2.75) is 6.92 Å². The SMILES string of the molecule is C=C(C)On1nnc2ccccc21. The zero-order valence-electron chi connectivity index (χ0n) is 7.27. The molecule has 1 aromatic heterocycles. The topological polar surface area (TPSA) is 39.9 Å². The van der Waals surface area contributed by atoms with E-state index in [2.05, 4.69) is 16.9 Å². The monoisotopic (exact) mass is 175 g/mol. The number of aromatic nitrogens is 3. The summed E-state index contributed by atoms with van der Waals surface area (Å²) >= 11 is 0. The second kappa shape index (κ2) is 2.90. The highest BCUT2D eigenvalue weighted by Crippen LogP contribution is 2.08. The van der Waals surface area contributed by atoms with Crippen LogP contribution in [0, 0.1) is 0 Å². The molecule has 0 bridgehead atoms. The maximum atomic E-state index is 5.22. The van der Waals surface area contributed by atoms with Crippen LogP contribution < -0.4 is 4.84 Å². The Labute approximate surface area is 75.4 Å². The van der Waals surface area contributed by atoms with E-state index in [1.54, 1.807) is 6.92 Å². The molecule has 0 amide bonds. The summed E-state index contributed by atoms with van der Waals surface area (Å²) < 4.78 is 0. The van der Waals surface area contributed by atoms with Gasteiger partial charge in [0.2, 0.25) is 0 Å². The molecule has 0 fully saturated rings. The van der Waals surface area contributed by atoms with Crippen LogP contribution in [0.1, 0.15) is 6.92 Å². The smallest absolute Gasteiger partial charge is 0.131 e. The molecule has 0 aliphatic heterocycles. The average Bonchev–Trinajstić information content (AvgIpc) is 2.48. The number of fused-ring (bicyclic) bond motifs is 1. The minimum atomic E-state index is 0.579. The third-order valence-electron chi connectivity index (χ3n) is 1.56. The van der Waals surface area contributed by atoms with Gasteiger partial charge in [-0.3, -0.25) is 0 Å². The van der Waals surface area contributed by atoms with Crippen LogP contribution >= 0.6 is 0 Å². The molecule has 66 valence electrons. The Morgan fingerprint density at radius 1 is 1.46 bits per heavy atom. The lowest BCUT2D eigenvalue weighted by molar-refractivity contribution is 0.154. The van der Waals surface area contributed by atoms with Crippen LogP contribution in [-0.4, -0.2) is 15.2 Å². The highest BCUT2D eigenvalue weighted by molar-refractivity contribution is 5.73. The van der Waals surface area contributed by atoms with Gasteiger partial charge in [0.15, 0.2) is 0 Å². The van der Waals surface area contributed by atoms with Gasteiger partial charge in [-0.15, -0.1) is 5.10 Å². The molecule has 0 spiro atoms. The van der Waals surface area contributed by atoms with Crippen LogP contribution in [0.2, 0.25) is 0 Å². The first-order valence-electron chi connectivity index (χ1n) is 3.91. The molecule has 2 rings (SSSR count). The number of rotatable bonds is 2. The van der Waals surface area contributed by atoms with Crippen molar-refractivity contribution in [3.63, 3.8) is 0 Å². The van der Waals surface area contributed by atoms with E-state index in [-0.39, 0.29) is 0 Å². The number of nitrogens with zero attached hydrogens (tertiary/aromatic N) is 3. The molecule has 0 aliphatic carbocycles. The van der Waals surface area contributed by atoms with E-state index in [9.17, 15) is 0 Å². The first kappa shape index (κ1) is 7.79. The molecule has 1 aromatic carbocycles. The summed E-state index contributed by atoms with van der Waals surface area (Å²) in [6, 6.07) is 7.57. The van der Waals surface area contributed by atoms with Gasteiger partial charge in [-0.2, -0.15) is 0 Å². The predicted octanol–water partition coefficient (Wildman–Crippen LogP) is 1.39. The van der Waals surface area contributed by atoms with Crippen LogP contribution in [0.5, 0.6) is 0 Å². The lowest BCUT2D eigenvalue weighted by atomic mass is 10.3. The van der Waals surface area contributed by atoms with Gasteiger partial charge in [-0.25, -0.2) is 0 Å². The Morgan fingerprint density at radius 2 is 2.23 bits per heavy atom. The van der Waals surface area contributed by atoms with Crippen LogP contribution in [0.3, 0.4) is 0 Å². The lowest BCUT2D eigenvalue weighted by Crippen LogP contribution is -2.09. The maximum absolute atomic E-state index is 5.22. The molecule has 2 aromatic rings. The Morgan fingerprint density at radius 3 is 3.00 bits per heavy atom. The molecule has 0 aliphatic rings. The number of benzene rings is 1. The fraction of sp³-hybridized carbons (Fsp3) is 0.111. The second-order valence-corrected chi connectivity index (χ2v) is 2.74. The molecule has 4 heteroatoms. The molecule has 0 radical (unpaired) electrons. The van der Waals surface area contributed by atoms with E-state index < -0.39 is 0 Å². The van der Waals surface area contributed by atoms with Crippen LogP contribution in [0.15, 0.2) is 36.6 Å². The fourth-order valence-electron chi connectivity index (χ4n) is 1.06. The van der Waals surface area contributed by atoms with Gasteiger partial charge < -0.3 is 4.84 Å². The first-order chi connectivity index (χ1) is 6.27. The molecule has 1 heterocycles. The maximum Gasteiger partial charge on any atom is 0.131 e.